The number of ether oxygens (including phenoxy) is 2. The zero-order valence-corrected chi connectivity index (χ0v) is 13.8. The summed E-state index contributed by atoms with van der Waals surface area (Å²) in [7, 11) is 0. The van der Waals surface area contributed by atoms with Crippen LogP contribution in [0.4, 0.5) is 0 Å². The maximum atomic E-state index is 12.3. The number of benzene rings is 2. The zero-order chi connectivity index (χ0) is 16.9. The van der Waals surface area contributed by atoms with E-state index >= 15 is 0 Å². The highest BCUT2D eigenvalue weighted by molar-refractivity contribution is 6.31. The van der Waals surface area contributed by atoms with Gasteiger partial charge in [-0.2, -0.15) is 0 Å². The molecule has 0 bridgehead atoms. The molecule has 2 unspecified atom stereocenters. The molecule has 0 saturated heterocycles. The Hall–Kier alpha value is -2.64. The molecule has 24 heavy (non-hydrogen) atoms. The van der Waals surface area contributed by atoms with Crippen molar-refractivity contribution in [1.82, 2.24) is 5.32 Å². The van der Waals surface area contributed by atoms with E-state index in [-0.39, 0.29) is 18.6 Å². The fourth-order valence-electron chi connectivity index (χ4n) is 2.34. The predicted molar refractivity (Wildman–Crippen MR) is 92.3 cm³/mol. The molecular weight excluding hydrogens is 326 g/mol. The largest absolute Gasteiger partial charge is 0.482 e. The van der Waals surface area contributed by atoms with E-state index in [4.69, 9.17) is 21.1 Å². The molecule has 1 amide bonds. The molecule has 5 heteroatoms. The first kappa shape index (κ1) is 16.2. The minimum Gasteiger partial charge on any atom is -0.482 e. The van der Waals surface area contributed by atoms with Gasteiger partial charge >= 0.3 is 0 Å². The third-order valence-electron chi connectivity index (χ3n) is 3.55. The standard InChI is InChI=1S/C19H16ClNO3/c1-13-18(24-17-11-5-4-10-16(17)23-13)19(22)21-12-6-8-14-7-2-3-9-15(14)20/h2-5,7,9-11,13,18H,12H2,1H3,(H,21,22). The maximum absolute atomic E-state index is 12.3. The Balaban J connectivity index is 1.59. The Labute approximate surface area is 145 Å². The van der Waals surface area contributed by atoms with Gasteiger partial charge in [0.25, 0.3) is 5.91 Å². The summed E-state index contributed by atoms with van der Waals surface area (Å²) in [6, 6.07) is 14.6. The second-order valence-electron chi connectivity index (χ2n) is 5.31. The number of hydrogen-bond donors (Lipinski definition) is 1. The third kappa shape index (κ3) is 3.64. The summed E-state index contributed by atoms with van der Waals surface area (Å²) in [6.45, 7) is 2.01. The highest BCUT2D eigenvalue weighted by Crippen LogP contribution is 2.33. The van der Waals surface area contributed by atoms with Crippen molar-refractivity contribution >= 4 is 17.5 Å². The van der Waals surface area contributed by atoms with Gasteiger partial charge in [-0.3, -0.25) is 4.79 Å². The number of carbonyl (C=O) groups excluding carboxylic acids is 1. The van der Waals surface area contributed by atoms with Crippen molar-refractivity contribution in [3.63, 3.8) is 0 Å². The average molecular weight is 342 g/mol. The summed E-state index contributed by atoms with van der Waals surface area (Å²) in [4.78, 5) is 12.3. The molecule has 0 radical (unpaired) electrons. The van der Waals surface area contributed by atoms with Gasteiger partial charge < -0.3 is 14.8 Å². The number of rotatable bonds is 2. The van der Waals surface area contributed by atoms with Crippen molar-refractivity contribution in [2.24, 2.45) is 0 Å². The maximum Gasteiger partial charge on any atom is 0.265 e. The summed E-state index contributed by atoms with van der Waals surface area (Å²) < 4.78 is 11.5. The van der Waals surface area contributed by atoms with Crippen molar-refractivity contribution in [2.75, 3.05) is 6.54 Å². The minimum absolute atomic E-state index is 0.207. The molecule has 0 aromatic heterocycles. The van der Waals surface area contributed by atoms with Gasteiger partial charge in [0.15, 0.2) is 11.5 Å². The fraction of sp³-hybridized carbons (Fsp3) is 0.211. The summed E-state index contributed by atoms with van der Waals surface area (Å²) in [6.07, 6.45) is -1.08. The summed E-state index contributed by atoms with van der Waals surface area (Å²) in [5.41, 5.74) is 0.730. The lowest BCUT2D eigenvalue weighted by Crippen LogP contribution is -2.49. The van der Waals surface area contributed by atoms with Crippen LogP contribution in [0, 0.1) is 11.8 Å². The van der Waals surface area contributed by atoms with Crippen LogP contribution in [0.2, 0.25) is 5.02 Å². The first-order chi connectivity index (χ1) is 11.6. The molecule has 1 N–H and O–H groups in total. The smallest absolute Gasteiger partial charge is 0.265 e. The Morgan fingerprint density at radius 2 is 1.79 bits per heavy atom. The summed E-state index contributed by atoms with van der Waals surface area (Å²) in [5.74, 6) is 6.77. The number of amides is 1. The average Bonchev–Trinajstić information content (AvgIpc) is 2.59. The van der Waals surface area contributed by atoms with Crippen molar-refractivity contribution in [3.05, 3.63) is 59.1 Å². The van der Waals surface area contributed by atoms with Gasteiger partial charge in [0.05, 0.1) is 11.6 Å². The topological polar surface area (TPSA) is 47.6 Å². The Morgan fingerprint density at radius 1 is 1.12 bits per heavy atom. The first-order valence-electron chi connectivity index (χ1n) is 7.58. The summed E-state index contributed by atoms with van der Waals surface area (Å²) in [5, 5.41) is 3.33. The fourth-order valence-corrected chi connectivity index (χ4v) is 2.52. The van der Waals surface area contributed by atoms with Gasteiger partial charge in [-0.25, -0.2) is 0 Å². The first-order valence-corrected chi connectivity index (χ1v) is 7.96. The summed E-state index contributed by atoms with van der Waals surface area (Å²) >= 11 is 6.03. The lowest BCUT2D eigenvalue weighted by molar-refractivity contribution is -0.133. The molecular formula is C19H16ClNO3. The zero-order valence-electron chi connectivity index (χ0n) is 13.1. The molecule has 0 saturated carbocycles. The second-order valence-corrected chi connectivity index (χ2v) is 5.71. The Morgan fingerprint density at radius 3 is 2.54 bits per heavy atom. The highest BCUT2D eigenvalue weighted by atomic mass is 35.5. The van der Waals surface area contributed by atoms with E-state index in [2.05, 4.69) is 17.2 Å². The normalized spacial score (nSPS) is 18.2. The number of halogens is 1. The van der Waals surface area contributed by atoms with Crippen LogP contribution in [-0.4, -0.2) is 24.7 Å². The van der Waals surface area contributed by atoms with Gasteiger partial charge in [-0.05, 0) is 31.2 Å². The monoisotopic (exact) mass is 341 g/mol. The van der Waals surface area contributed by atoms with Crippen molar-refractivity contribution in [1.29, 1.82) is 0 Å². The molecule has 0 fully saturated rings. The van der Waals surface area contributed by atoms with E-state index in [1.807, 2.05) is 36.4 Å². The molecule has 1 aliphatic rings. The van der Waals surface area contributed by atoms with E-state index in [9.17, 15) is 4.79 Å². The quantitative estimate of drug-likeness (QED) is 0.854. The van der Waals surface area contributed by atoms with Crippen LogP contribution >= 0.6 is 11.6 Å². The molecule has 2 atom stereocenters. The van der Waals surface area contributed by atoms with Crippen LogP contribution < -0.4 is 14.8 Å². The van der Waals surface area contributed by atoms with Gasteiger partial charge in [0.1, 0.15) is 6.10 Å². The highest BCUT2D eigenvalue weighted by Gasteiger charge is 2.33. The molecule has 3 rings (SSSR count). The lowest BCUT2D eigenvalue weighted by Gasteiger charge is -2.30. The molecule has 0 aliphatic carbocycles. The van der Waals surface area contributed by atoms with Crippen LogP contribution in [0.25, 0.3) is 0 Å². The second kappa shape index (κ2) is 7.29. The lowest BCUT2D eigenvalue weighted by atomic mass is 10.1. The van der Waals surface area contributed by atoms with Crippen LogP contribution in [0.3, 0.4) is 0 Å². The van der Waals surface area contributed by atoms with Gasteiger partial charge in [0.2, 0.25) is 6.10 Å². The van der Waals surface area contributed by atoms with Crippen LogP contribution in [-0.2, 0) is 4.79 Å². The van der Waals surface area contributed by atoms with E-state index in [1.165, 1.54) is 0 Å². The SMILES string of the molecule is CC1Oc2ccccc2OC1C(=O)NCC#Cc1ccccc1Cl. The number of nitrogens with one attached hydrogen (secondary N) is 1. The van der Waals surface area contributed by atoms with Gasteiger partial charge in [-0.15, -0.1) is 0 Å². The molecule has 0 spiro atoms. The Kier molecular flexibility index (Phi) is 4.93. The molecule has 2 aromatic carbocycles. The number of para-hydroxylation sites is 2. The predicted octanol–water partition coefficient (Wildman–Crippen LogP) is 3.04. The molecule has 2 aromatic rings. The van der Waals surface area contributed by atoms with Crippen LogP contribution in [0.1, 0.15) is 12.5 Å². The molecule has 1 heterocycles. The molecule has 4 nitrogen and oxygen atoms in total. The van der Waals surface area contributed by atoms with Crippen LogP contribution in [0.5, 0.6) is 11.5 Å². The van der Waals surface area contributed by atoms with Crippen LogP contribution in [0.15, 0.2) is 48.5 Å². The minimum atomic E-state index is -0.706. The van der Waals surface area contributed by atoms with Crippen molar-refractivity contribution < 1.29 is 14.3 Å². The number of carbonyl (C=O) groups is 1. The van der Waals surface area contributed by atoms with E-state index in [0.717, 1.165) is 5.56 Å². The Bertz CT molecular complexity index is 809. The number of hydrogen-bond acceptors (Lipinski definition) is 3. The van der Waals surface area contributed by atoms with Gasteiger partial charge in [0, 0.05) is 5.56 Å². The van der Waals surface area contributed by atoms with Gasteiger partial charge in [-0.1, -0.05) is 47.7 Å². The molecule has 1 aliphatic heterocycles. The third-order valence-corrected chi connectivity index (χ3v) is 3.88. The number of fused-ring (bicyclic) bond motifs is 1. The van der Waals surface area contributed by atoms with E-state index < -0.39 is 6.10 Å². The van der Waals surface area contributed by atoms with E-state index in [1.54, 1.807) is 19.1 Å². The van der Waals surface area contributed by atoms with Crippen molar-refractivity contribution in [3.8, 4) is 23.3 Å². The van der Waals surface area contributed by atoms with E-state index in [0.29, 0.717) is 16.5 Å². The van der Waals surface area contributed by atoms with Crippen molar-refractivity contribution in [2.45, 2.75) is 19.1 Å². The molecule has 122 valence electrons.